The number of carbonyl (C=O) groups is 1. The summed E-state index contributed by atoms with van der Waals surface area (Å²) in [5, 5.41) is 9.60. The summed E-state index contributed by atoms with van der Waals surface area (Å²) in [4.78, 5) is 11.7. The Bertz CT molecular complexity index is 628. The van der Waals surface area contributed by atoms with E-state index in [0.717, 1.165) is 25.7 Å². The average molecular weight is 472 g/mol. The maximum absolute atomic E-state index is 11.7. The van der Waals surface area contributed by atoms with Crippen LogP contribution in [0.5, 0.6) is 0 Å². The van der Waals surface area contributed by atoms with Crippen LogP contribution >= 0.6 is 0 Å². The Hall–Kier alpha value is -1.61. The van der Waals surface area contributed by atoms with Gasteiger partial charge in [0, 0.05) is 6.42 Å². The number of nitrogens with two attached hydrogens (primary N) is 1. The van der Waals surface area contributed by atoms with Crippen molar-refractivity contribution in [3.8, 4) is 0 Å². The molecular weight excluding hydrogens is 418 g/mol. The SMILES string of the molecule is CCCCCC/C=C\C[C@H](CCCCC)CC[C@H](CCN)[C@H](CCc1ccccc1)CC(=O)O. The Balaban J connectivity index is 2.69. The molecule has 0 aliphatic heterocycles. The molecule has 0 aliphatic rings. The smallest absolute Gasteiger partial charge is 0.303 e. The normalized spacial score (nSPS) is 14.3. The zero-order valence-electron chi connectivity index (χ0n) is 22.2. The van der Waals surface area contributed by atoms with Gasteiger partial charge in [0.05, 0.1) is 0 Å². The minimum atomic E-state index is -0.675. The van der Waals surface area contributed by atoms with E-state index in [4.69, 9.17) is 5.73 Å². The van der Waals surface area contributed by atoms with Crippen molar-refractivity contribution < 1.29 is 9.90 Å². The zero-order chi connectivity index (χ0) is 24.9. The van der Waals surface area contributed by atoms with Crippen molar-refractivity contribution in [3.63, 3.8) is 0 Å². The molecule has 0 fully saturated rings. The van der Waals surface area contributed by atoms with Crippen molar-refractivity contribution in [1.29, 1.82) is 0 Å². The third-order valence-corrected chi connectivity index (χ3v) is 7.31. The molecule has 194 valence electrons. The molecule has 0 heterocycles. The molecule has 0 saturated heterocycles. The highest BCUT2D eigenvalue weighted by Crippen LogP contribution is 2.32. The lowest BCUT2D eigenvalue weighted by Gasteiger charge is -2.28. The lowest BCUT2D eigenvalue weighted by molar-refractivity contribution is -0.138. The minimum Gasteiger partial charge on any atom is -0.481 e. The van der Waals surface area contributed by atoms with Crippen LogP contribution in [0.15, 0.2) is 42.5 Å². The van der Waals surface area contributed by atoms with Crippen LogP contribution in [0.25, 0.3) is 0 Å². The molecule has 3 nitrogen and oxygen atoms in total. The summed E-state index contributed by atoms with van der Waals surface area (Å²) in [5.74, 6) is 0.632. The van der Waals surface area contributed by atoms with Crippen LogP contribution in [0.2, 0.25) is 0 Å². The second-order valence-electron chi connectivity index (χ2n) is 10.2. The number of benzene rings is 1. The average Bonchev–Trinajstić information content (AvgIpc) is 2.83. The van der Waals surface area contributed by atoms with E-state index in [9.17, 15) is 9.90 Å². The van der Waals surface area contributed by atoms with Crippen molar-refractivity contribution in [2.45, 2.75) is 117 Å². The van der Waals surface area contributed by atoms with Crippen LogP contribution in [0.1, 0.15) is 116 Å². The van der Waals surface area contributed by atoms with E-state index in [1.807, 2.05) is 6.07 Å². The summed E-state index contributed by atoms with van der Waals surface area (Å²) in [6.07, 6.45) is 23.0. The predicted octanol–water partition coefficient (Wildman–Crippen LogP) is 8.57. The van der Waals surface area contributed by atoms with E-state index in [1.165, 1.54) is 76.2 Å². The molecule has 3 heteroatoms. The maximum Gasteiger partial charge on any atom is 0.303 e. The highest BCUT2D eigenvalue weighted by Gasteiger charge is 2.24. The molecule has 34 heavy (non-hydrogen) atoms. The lowest BCUT2D eigenvalue weighted by Crippen LogP contribution is -2.23. The molecule has 1 rings (SSSR count). The highest BCUT2D eigenvalue weighted by molar-refractivity contribution is 5.67. The molecule has 3 N–H and O–H groups in total. The fraction of sp³-hybridized carbons (Fsp3) is 0.710. The van der Waals surface area contributed by atoms with Crippen molar-refractivity contribution in [2.24, 2.45) is 23.5 Å². The minimum absolute atomic E-state index is 0.201. The summed E-state index contributed by atoms with van der Waals surface area (Å²) in [5.41, 5.74) is 7.30. The molecule has 0 unspecified atom stereocenters. The number of carboxylic acids is 1. The van der Waals surface area contributed by atoms with E-state index in [0.29, 0.717) is 18.4 Å². The van der Waals surface area contributed by atoms with E-state index in [1.54, 1.807) is 0 Å². The lowest BCUT2D eigenvalue weighted by atomic mass is 9.78. The topological polar surface area (TPSA) is 63.3 Å². The van der Waals surface area contributed by atoms with Gasteiger partial charge >= 0.3 is 5.97 Å². The van der Waals surface area contributed by atoms with E-state index >= 15 is 0 Å². The highest BCUT2D eigenvalue weighted by atomic mass is 16.4. The van der Waals surface area contributed by atoms with Crippen molar-refractivity contribution in [1.82, 2.24) is 0 Å². The first-order valence-electron chi connectivity index (χ1n) is 14.2. The molecule has 1 aromatic rings. The predicted molar refractivity (Wildman–Crippen MR) is 147 cm³/mol. The van der Waals surface area contributed by atoms with E-state index in [-0.39, 0.29) is 12.3 Å². The number of hydrogen-bond donors (Lipinski definition) is 2. The van der Waals surface area contributed by atoms with Crippen molar-refractivity contribution >= 4 is 5.97 Å². The van der Waals surface area contributed by atoms with E-state index in [2.05, 4.69) is 50.3 Å². The van der Waals surface area contributed by atoms with Crippen LogP contribution in [-0.4, -0.2) is 17.6 Å². The number of aliphatic carboxylic acids is 1. The van der Waals surface area contributed by atoms with Crippen LogP contribution < -0.4 is 5.73 Å². The number of rotatable bonds is 22. The standard InChI is InChI=1S/C31H53NO2/c1-3-5-7-8-9-10-13-17-27(16-12-6-4-2)20-22-29(24-25-32)30(26-31(33)34)23-21-28-18-14-11-15-19-28/h10-11,13-15,18-19,27,29-30H,3-9,12,16-17,20-26,32H2,1-2H3,(H,33,34)/b13-10-/t27-,29+,30+/m0/s1. The van der Waals surface area contributed by atoms with Gasteiger partial charge in [0.2, 0.25) is 0 Å². The molecule has 0 radical (unpaired) electrons. The summed E-state index contributed by atoms with van der Waals surface area (Å²) in [6.45, 7) is 5.17. The van der Waals surface area contributed by atoms with Gasteiger partial charge in [0.15, 0.2) is 0 Å². The summed E-state index contributed by atoms with van der Waals surface area (Å²) in [7, 11) is 0. The Morgan fingerprint density at radius 1 is 0.853 bits per heavy atom. The number of unbranched alkanes of at least 4 members (excludes halogenated alkanes) is 6. The Kier molecular flexibility index (Phi) is 18.6. The van der Waals surface area contributed by atoms with E-state index < -0.39 is 5.97 Å². The second kappa shape index (κ2) is 20.7. The first kappa shape index (κ1) is 30.4. The number of hydrogen-bond acceptors (Lipinski definition) is 2. The molecule has 0 aromatic heterocycles. The van der Waals surface area contributed by atoms with Crippen LogP contribution in [0.3, 0.4) is 0 Å². The van der Waals surface area contributed by atoms with Gasteiger partial charge in [0.1, 0.15) is 0 Å². The molecule has 3 atom stereocenters. The molecule has 0 saturated carbocycles. The van der Waals surface area contributed by atoms with Gasteiger partial charge in [-0.3, -0.25) is 4.79 Å². The van der Waals surface area contributed by atoms with Crippen LogP contribution in [-0.2, 0) is 11.2 Å². The zero-order valence-corrected chi connectivity index (χ0v) is 22.2. The molecule has 0 amide bonds. The molecule has 1 aromatic carbocycles. The third-order valence-electron chi connectivity index (χ3n) is 7.31. The van der Waals surface area contributed by atoms with Gasteiger partial charge in [-0.1, -0.05) is 101 Å². The summed E-state index contributed by atoms with van der Waals surface area (Å²) < 4.78 is 0. The summed E-state index contributed by atoms with van der Waals surface area (Å²) in [6, 6.07) is 10.5. The van der Waals surface area contributed by atoms with Gasteiger partial charge < -0.3 is 10.8 Å². The van der Waals surface area contributed by atoms with Gasteiger partial charge in [0.25, 0.3) is 0 Å². The van der Waals surface area contributed by atoms with Gasteiger partial charge in [-0.25, -0.2) is 0 Å². The quantitative estimate of drug-likeness (QED) is 0.131. The van der Waals surface area contributed by atoms with Crippen LogP contribution in [0, 0.1) is 17.8 Å². The summed E-state index contributed by atoms with van der Waals surface area (Å²) >= 11 is 0. The molecule has 0 bridgehead atoms. The van der Waals surface area contributed by atoms with Gasteiger partial charge in [-0.15, -0.1) is 0 Å². The molecule has 0 aliphatic carbocycles. The van der Waals surface area contributed by atoms with Crippen molar-refractivity contribution in [3.05, 3.63) is 48.0 Å². The van der Waals surface area contributed by atoms with Crippen molar-refractivity contribution in [2.75, 3.05) is 6.54 Å². The van der Waals surface area contributed by atoms with Crippen LogP contribution in [0.4, 0.5) is 0 Å². The third kappa shape index (κ3) is 15.3. The molecule has 0 spiro atoms. The first-order chi connectivity index (χ1) is 16.6. The monoisotopic (exact) mass is 471 g/mol. The Labute approximate surface area is 210 Å². The second-order valence-corrected chi connectivity index (χ2v) is 10.2. The number of allylic oxidation sites excluding steroid dienone is 2. The largest absolute Gasteiger partial charge is 0.481 e. The fourth-order valence-corrected chi connectivity index (χ4v) is 5.16. The maximum atomic E-state index is 11.7. The number of carboxylic acid groups (broad SMARTS) is 1. The first-order valence-corrected chi connectivity index (χ1v) is 14.2. The Morgan fingerprint density at radius 2 is 1.59 bits per heavy atom. The Morgan fingerprint density at radius 3 is 2.26 bits per heavy atom. The number of aryl methyl sites for hydroxylation is 1. The van der Waals surface area contributed by atoms with Gasteiger partial charge in [-0.2, -0.15) is 0 Å². The fourth-order valence-electron chi connectivity index (χ4n) is 5.16. The van der Waals surface area contributed by atoms with Gasteiger partial charge in [-0.05, 0) is 81.2 Å². The molecular formula is C31H53NO2.